The number of hydrogen-bond donors (Lipinski definition) is 2. The van der Waals surface area contributed by atoms with Crippen LogP contribution in [0.1, 0.15) is 37.0 Å². The Hall–Kier alpha value is -2.37. The molecule has 112 valence electrons. The number of nitrogens with zero attached hydrogens (tertiary/aromatic N) is 2. The molecule has 0 aliphatic carbocycles. The number of rotatable bonds is 3. The Morgan fingerprint density at radius 3 is 2.52 bits per heavy atom. The number of carboxylic acid groups (broad SMARTS) is 1. The van der Waals surface area contributed by atoms with Gasteiger partial charge in [-0.05, 0) is 12.1 Å². The van der Waals surface area contributed by atoms with Crippen LogP contribution in [-0.2, 0) is 16.8 Å². The van der Waals surface area contributed by atoms with Crippen LogP contribution in [-0.4, -0.2) is 33.6 Å². The van der Waals surface area contributed by atoms with Crippen LogP contribution in [0.2, 0.25) is 0 Å². The van der Waals surface area contributed by atoms with Crippen LogP contribution in [0.25, 0.3) is 11.0 Å². The number of carbonyl (C=O) groups is 2. The number of nitrogens with one attached hydrogen (secondary N) is 1. The molecule has 1 heterocycles. The van der Waals surface area contributed by atoms with Crippen molar-refractivity contribution in [3.8, 4) is 0 Å². The first-order valence-electron chi connectivity index (χ1n) is 6.69. The number of aromatic carboxylic acids is 1. The van der Waals surface area contributed by atoms with Gasteiger partial charge in [-0.1, -0.05) is 26.8 Å². The lowest BCUT2D eigenvalue weighted by Crippen LogP contribution is -2.27. The van der Waals surface area contributed by atoms with Crippen molar-refractivity contribution in [2.75, 3.05) is 7.05 Å². The highest BCUT2D eigenvalue weighted by molar-refractivity contribution is 6.01. The van der Waals surface area contributed by atoms with Crippen molar-refractivity contribution in [1.29, 1.82) is 0 Å². The molecule has 0 spiro atoms. The maximum Gasteiger partial charge on any atom is 0.337 e. The lowest BCUT2D eigenvalue weighted by atomic mass is 9.95. The zero-order valence-corrected chi connectivity index (χ0v) is 12.6. The molecule has 1 aromatic heterocycles. The average molecular weight is 289 g/mol. The van der Waals surface area contributed by atoms with Crippen LogP contribution in [0.3, 0.4) is 0 Å². The van der Waals surface area contributed by atoms with Gasteiger partial charge in [0.2, 0.25) is 5.91 Å². The van der Waals surface area contributed by atoms with E-state index in [2.05, 4.69) is 10.3 Å². The summed E-state index contributed by atoms with van der Waals surface area (Å²) in [6.45, 7) is 6.06. The predicted molar refractivity (Wildman–Crippen MR) is 79.5 cm³/mol. The van der Waals surface area contributed by atoms with Gasteiger partial charge in [0.25, 0.3) is 0 Å². The second-order valence-corrected chi connectivity index (χ2v) is 5.92. The molecule has 0 radical (unpaired) electrons. The van der Waals surface area contributed by atoms with Gasteiger partial charge in [0.15, 0.2) is 0 Å². The lowest BCUT2D eigenvalue weighted by Gasteiger charge is -2.19. The largest absolute Gasteiger partial charge is 0.478 e. The van der Waals surface area contributed by atoms with Crippen molar-refractivity contribution in [1.82, 2.24) is 14.9 Å². The summed E-state index contributed by atoms with van der Waals surface area (Å²) in [4.78, 5) is 27.6. The summed E-state index contributed by atoms with van der Waals surface area (Å²) in [6.07, 6.45) is 0. The standard InChI is InChI=1S/C15H19N3O3/c1-15(2,3)14-17-12-9(13(20)21)6-5-7-10(12)18(14)8-11(19)16-4/h5-7H,8H2,1-4H3,(H,16,19)(H,20,21). The molecule has 0 aliphatic rings. The third-order valence-electron chi connectivity index (χ3n) is 3.26. The lowest BCUT2D eigenvalue weighted by molar-refractivity contribution is -0.121. The van der Waals surface area contributed by atoms with Crippen LogP contribution < -0.4 is 5.32 Å². The highest BCUT2D eigenvalue weighted by atomic mass is 16.4. The molecule has 6 nitrogen and oxygen atoms in total. The minimum Gasteiger partial charge on any atom is -0.478 e. The molecule has 1 aromatic carbocycles. The second kappa shape index (κ2) is 5.20. The van der Waals surface area contributed by atoms with Crippen LogP contribution >= 0.6 is 0 Å². The molecule has 21 heavy (non-hydrogen) atoms. The topological polar surface area (TPSA) is 84.2 Å². The summed E-state index contributed by atoms with van der Waals surface area (Å²) < 4.78 is 1.78. The summed E-state index contributed by atoms with van der Waals surface area (Å²) in [6, 6.07) is 4.97. The molecule has 1 amide bonds. The number of carboxylic acids is 1. The fraction of sp³-hybridized carbons (Fsp3) is 0.400. The maximum atomic E-state index is 11.7. The highest BCUT2D eigenvalue weighted by Crippen LogP contribution is 2.28. The van der Waals surface area contributed by atoms with Gasteiger partial charge in [-0.15, -0.1) is 0 Å². The van der Waals surface area contributed by atoms with Gasteiger partial charge in [0, 0.05) is 12.5 Å². The van der Waals surface area contributed by atoms with Crippen LogP contribution in [0, 0.1) is 0 Å². The number of benzene rings is 1. The van der Waals surface area contributed by atoms with E-state index in [1.165, 1.54) is 6.07 Å². The summed E-state index contributed by atoms with van der Waals surface area (Å²) >= 11 is 0. The minimum absolute atomic E-state index is 0.114. The predicted octanol–water partition coefficient (Wildman–Crippen LogP) is 1.78. The van der Waals surface area contributed by atoms with Gasteiger partial charge in [-0.3, -0.25) is 4.79 Å². The molecule has 2 aromatic rings. The zero-order chi connectivity index (χ0) is 15.8. The molecule has 0 aliphatic heterocycles. The first-order valence-corrected chi connectivity index (χ1v) is 6.69. The van der Waals surface area contributed by atoms with E-state index in [4.69, 9.17) is 0 Å². The van der Waals surface area contributed by atoms with E-state index in [0.29, 0.717) is 16.9 Å². The quantitative estimate of drug-likeness (QED) is 0.902. The fourth-order valence-electron chi connectivity index (χ4n) is 2.27. The number of carbonyl (C=O) groups excluding carboxylic acids is 1. The Morgan fingerprint density at radius 2 is 2.00 bits per heavy atom. The highest BCUT2D eigenvalue weighted by Gasteiger charge is 2.25. The zero-order valence-electron chi connectivity index (χ0n) is 12.6. The van der Waals surface area contributed by atoms with Crippen molar-refractivity contribution < 1.29 is 14.7 Å². The molecule has 0 bridgehead atoms. The van der Waals surface area contributed by atoms with E-state index in [1.54, 1.807) is 23.7 Å². The molecule has 0 saturated heterocycles. The summed E-state index contributed by atoms with van der Waals surface area (Å²) in [7, 11) is 1.57. The third kappa shape index (κ3) is 2.74. The summed E-state index contributed by atoms with van der Waals surface area (Å²) in [5.74, 6) is -0.485. The molecule has 0 saturated carbocycles. The number of likely N-dealkylation sites (N-methyl/N-ethyl adjacent to an activating group) is 1. The van der Waals surface area contributed by atoms with Gasteiger partial charge >= 0.3 is 5.97 Å². The van der Waals surface area contributed by atoms with Crippen LogP contribution in [0.15, 0.2) is 18.2 Å². The summed E-state index contributed by atoms with van der Waals surface area (Å²) in [5, 5.41) is 11.9. The average Bonchev–Trinajstić information content (AvgIpc) is 2.77. The monoisotopic (exact) mass is 289 g/mol. The Bertz CT molecular complexity index is 711. The first kappa shape index (κ1) is 15.0. The Kier molecular flexibility index (Phi) is 3.72. The van der Waals surface area contributed by atoms with Crippen molar-refractivity contribution >= 4 is 22.9 Å². The maximum absolute atomic E-state index is 11.7. The van der Waals surface area contributed by atoms with E-state index in [0.717, 1.165) is 0 Å². The van der Waals surface area contributed by atoms with E-state index in [-0.39, 0.29) is 23.4 Å². The Morgan fingerprint density at radius 1 is 1.33 bits per heavy atom. The first-order chi connectivity index (χ1) is 9.75. The normalized spacial score (nSPS) is 11.6. The molecular formula is C15H19N3O3. The van der Waals surface area contributed by atoms with Gasteiger partial charge < -0.3 is 15.0 Å². The number of fused-ring (bicyclic) bond motifs is 1. The molecule has 0 unspecified atom stereocenters. The Labute approximate surface area is 122 Å². The van der Waals surface area contributed by atoms with E-state index in [1.807, 2.05) is 20.8 Å². The smallest absolute Gasteiger partial charge is 0.337 e. The van der Waals surface area contributed by atoms with Gasteiger partial charge in [0.1, 0.15) is 17.9 Å². The van der Waals surface area contributed by atoms with Gasteiger partial charge in [0.05, 0.1) is 11.1 Å². The van der Waals surface area contributed by atoms with Crippen molar-refractivity contribution in [2.45, 2.75) is 32.7 Å². The molecule has 6 heteroatoms. The van der Waals surface area contributed by atoms with E-state index in [9.17, 15) is 14.7 Å². The van der Waals surface area contributed by atoms with Crippen LogP contribution in [0.4, 0.5) is 0 Å². The van der Waals surface area contributed by atoms with Crippen molar-refractivity contribution in [3.63, 3.8) is 0 Å². The third-order valence-corrected chi connectivity index (χ3v) is 3.26. The van der Waals surface area contributed by atoms with Gasteiger partial charge in [-0.25, -0.2) is 9.78 Å². The Balaban J connectivity index is 2.76. The van der Waals surface area contributed by atoms with Crippen molar-refractivity contribution in [2.24, 2.45) is 0 Å². The molecule has 2 N–H and O–H groups in total. The number of imidazole rings is 1. The SMILES string of the molecule is CNC(=O)Cn1c(C(C)(C)C)nc2c(C(=O)O)cccc21. The molecular weight excluding hydrogens is 270 g/mol. The second-order valence-electron chi connectivity index (χ2n) is 5.92. The summed E-state index contributed by atoms with van der Waals surface area (Å²) in [5.41, 5.74) is 0.916. The van der Waals surface area contributed by atoms with Crippen LogP contribution in [0.5, 0.6) is 0 Å². The molecule has 2 rings (SSSR count). The number of amides is 1. The number of para-hydroxylation sites is 1. The fourth-order valence-corrected chi connectivity index (χ4v) is 2.27. The van der Waals surface area contributed by atoms with E-state index < -0.39 is 5.97 Å². The molecule has 0 fully saturated rings. The minimum atomic E-state index is -1.02. The number of aromatic nitrogens is 2. The van der Waals surface area contributed by atoms with Crippen molar-refractivity contribution in [3.05, 3.63) is 29.6 Å². The number of hydrogen-bond acceptors (Lipinski definition) is 3. The van der Waals surface area contributed by atoms with E-state index >= 15 is 0 Å². The van der Waals surface area contributed by atoms with Gasteiger partial charge in [-0.2, -0.15) is 0 Å². The molecule has 0 atom stereocenters.